The smallest absolute Gasteiger partial charge is 0.407 e. The standard InChI is InChI=1S/C15H25N5O5S/c1-26(23,24)20-10-8-18(9-11-20)14-16-13(25-17-14)3-2-12-4-6-19(7-5-12)15(21)22/h12H,2-11H2,1H3,(H,21,22). The van der Waals surface area contributed by atoms with Crippen molar-refractivity contribution in [1.29, 1.82) is 0 Å². The minimum atomic E-state index is -3.15. The van der Waals surface area contributed by atoms with E-state index in [1.54, 1.807) is 0 Å². The maximum atomic E-state index is 11.5. The number of carbonyl (C=O) groups is 1. The Kier molecular flexibility index (Phi) is 5.66. The molecule has 11 heteroatoms. The van der Waals surface area contributed by atoms with Crippen molar-refractivity contribution < 1.29 is 22.8 Å². The molecule has 0 atom stereocenters. The Morgan fingerprint density at radius 1 is 1.19 bits per heavy atom. The van der Waals surface area contributed by atoms with E-state index in [0.29, 0.717) is 63.4 Å². The average molecular weight is 387 g/mol. The van der Waals surface area contributed by atoms with Crippen LogP contribution in [-0.2, 0) is 16.4 Å². The van der Waals surface area contributed by atoms with Crippen LogP contribution in [0.1, 0.15) is 25.2 Å². The number of aryl methyl sites for hydroxylation is 1. The lowest BCUT2D eigenvalue weighted by Gasteiger charge is -2.32. The predicted octanol–water partition coefficient (Wildman–Crippen LogP) is 0.474. The van der Waals surface area contributed by atoms with Gasteiger partial charge in [0, 0.05) is 45.7 Å². The molecule has 1 N–H and O–H groups in total. The summed E-state index contributed by atoms with van der Waals surface area (Å²) in [7, 11) is -3.15. The van der Waals surface area contributed by atoms with Gasteiger partial charge >= 0.3 is 6.09 Å². The van der Waals surface area contributed by atoms with Crippen LogP contribution in [0.2, 0.25) is 0 Å². The number of aromatic nitrogens is 2. The second-order valence-electron chi connectivity index (χ2n) is 6.89. The maximum Gasteiger partial charge on any atom is 0.407 e. The Morgan fingerprint density at radius 2 is 1.85 bits per heavy atom. The Bertz CT molecular complexity index is 721. The van der Waals surface area contributed by atoms with Gasteiger partial charge in [0.15, 0.2) is 0 Å². The molecule has 1 aromatic heterocycles. The molecule has 2 fully saturated rings. The van der Waals surface area contributed by atoms with Gasteiger partial charge in [0.1, 0.15) is 0 Å². The summed E-state index contributed by atoms with van der Waals surface area (Å²) in [5.74, 6) is 1.55. The van der Waals surface area contributed by atoms with Crippen molar-refractivity contribution in [2.45, 2.75) is 25.7 Å². The SMILES string of the molecule is CS(=O)(=O)N1CCN(c2noc(CCC3CCN(C(=O)O)CC3)n2)CC1. The van der Waals surface area contributed by atoms with Crippen LogP contribution in [-0.4, -0.2) is 84.5 Å². The topological polar surface area (TPSA) is 120 Å². The molecule has 26 heavy (non-hydrogen) atoms. The summed E-state index contributed by atoms with van der Waals surface area (Å²) >= 11 is 0. The highest BCUT2D eigenvalue weighted by Gasteiger charge is 2.26. The molecule has 1 aromatic rings. The van der Waals surface area contributed by atoms with E-state index in [1.807, 2.05) is 4.90 Å². The number of amides is 1. The van der Waals surface area contributed by atoms with E-state index >= 15 is 0 Å². The van der Waals surface area contributed by atoms with Gasteiger partial charge in [-0.1, -0.05) is 0 Å². The Labute approximate surface area is 152 Å². The molecule has 3 rings (SSSR count). The molecule has 10 nitrogen and oxygen atoms in total. The fourth-order valence-corrected chi connectivity index (χ4v) is 4.26. The average Bonchev–Trinajstić information content (AvgIpc) is 3.09. The summed E-state index contributed by atoms with van der Waals surface area (Å²) in [5.41, 5.74) is 0. The van der Waals surface area contributed by atoms with Crippen molar-refractivity contribution in [3.63, 3.8) is 0 Å². The number of anilines is 1. The van der Waals surface area contributed by atoms with Crippen LogP contribution in [0.25, 0.3) is 0 Å². The van der Waals surface area contributed by atoms with E-state index in [0.717, 1.165) is 19.3 Å². The van der Waals surface area contributed by atoms with Gasteiger partial charge in [0.05, 0.1) is 6.26 Å². The predicted molar refractivity (Wildman–Crippen MR) is 93.6 cm³/mol. The molecular weight excluding hydrogens is 362 g/mol. The molecule has 0 saturated carbocycles. The molecule has 2 aliphatic rings. The first-order chi connectivity index (χ1) is 12.3. The first-order valence-electron chi connectivity index (χ1n) is 8.83. The normalized spacial score (nSPS) is 20.5. The highest BCUT2D eigenvalue weighted by atomic mass is 32.2. The number of hydrogen-bond acceptors (Lipinski definition) is 7. The molecular formula is C15H25N5O5S. The zero-order valence-electron chi connectivity index (χ0n) is 14.9. The second-order valence-corrected chi connectivity index (χ2v) is 8.87. The van der Waals surface area contributed by atoms with E-state index < -0.39 is 16.1 Å². The highest BCUT2D eigenvalue weighted by Crippen LogP contribution is 2.23. The summed E-state index contributed by atoms with van der Waals surface area (Å²) in [4.78, 5) is 18.7. The van der Waals surface area contributed by atoms with E-state index in [-0.39, 0.29) is 0 Å². The van der Waals surface area contributed by atoms with Crippen LogP contribution < -0.4 is 4.90 Å². The van der Waals surface area contributed by atoms with Crippen LogP contribution in [0, 0.1) is 5.92 Å². The van der Waals surface area contributed by atoms with Gasteiger partial charge in [0.25, 0.3) is 5.95 Å². The lowest BCUT2D eigenvalue weighted by molar-refractivity contribution is 0.122. The number of likely N-dealkylation sites (tertiary alicyclic amines) is 1. The molecule has 0 radical (unpaired) electrons. The van der Waals surface area contributed by atoms with Gasteiger partial charge in [-0.25, -0.2) is 13.2 Å². The number of piperidine rings is 1. The molecule has 2 saturated heterocycles. The van der Waals surface area contributed by atoms with Gasteiger partial charge in [-0.2, -0.15) is 9.29 Å². The molecule has 0 aromatic carbocycles. The molecule has 146 valence electrons. The van der Waals surface area contributed by atoms with Crippen molar-refractivity contribution in [1.82, 2.24) is 19.3 Å². The number of carboxylic acid groups (broad SMARTS) is 1. The molecule has 1 amide bonds. The third-order valence-electron chi connectivity index (χ3n) is 5.10. The second kappa shape index (κ2) is 7.78. The Morgan fingerprint density at radius 3 is 2.42 bits per heavy atom. The maximum absolute atomic E-state index is 11.5. The number of piperazine rings is 1. The highest BCUT2D eigenvalue weighted by molar-refractivity contribution is 7.88. The van der Waals surface area contributed by atoms with Crippen molar-refractivity contribution in [2.24, 2.45) is 5.92 Å². The number of sulfonamides is 1. The summed E-state index contributed by atoms with van der Waals surface area (Å²) in [6, 6.07) is 0. The van der Waals surface area contributed by atoms with Crippen molar-refractivity contribution >= 4 is 22.1 Å². The van der Waals surface area contributed by atoms with Crippen LogP contribution in [0.4, 0.5) is 10.7 Å². The quantitative estimate of drug-likeness (QED) is 0.774. The first-order valence-corrected chi connectivity index (χ1v) is 10.7. The Hall–Kier alpha value is -1.88. The molecule has 0 spiro atoms. The lowest BCUT2D eigenvalue weighted by atomic mass is 9.92. The summed E-state index contributed by atoms with van der Waals surface area (Å²) in [6.07, 6.45) is 3.67. The summed E-state index contributed by atoms with van der Waals surface area (Å²) < 4.78 is 29.9. The summed E-state index contributed by atoms with van der Waals surface area (Å²) in [6.45, 7) is 3.09. The molecule has 0 aliphatic carbocycles. The fourth-order valence-electron chi connectivity index (χ4n) is 3.44. The van der Waals surface area contributed by atoms with Gasteiger partial charge in [0.2, 0.25) is 15.9 Å². The number of hydrogen-bond donors (Lipinski definition) is 1. The number of rotatable bonds is 5. The zero-order valence-corrected chi connectivity index (χ0v) is 15.7. The largest absolute Gasteiger partial charge is 0.465 e. The molecule has 2 aliphatic heterocycles. The van der Waals surface area contributed by atoms with Crippen molar-refractivity contribution in [3.8, 4) is 0 Å². The van der Waals surface area contributed by atoms with Crippen LogP contribution >= 0.6 is 0 Å². The van der Waals surface area contributed by atoms with E-state index in [4.69, 9.17) is 9.63 Å². The van der Waals surface area contributed by atoms with E-state index in [9.17, 15) is 13.2 Å². The Balaban J connectivity index is 1.45. The summed E-state index contributed by atoms with van der Waals surface area (Å²) in [5, 5.41) is 13.0. The lowest BCUT2D eigenvalue weighted by Crippen LogP contribution is -2.48. The van der Waals surface area contributed by atoms with Crippen LogP contribution in [0.5, 0.6) is 0 Å². The molecule has 3 heterocycles. The van der Waals surface area contributed by atoms with Crippen LogP contribution in [0.3, 0.4) is 0 Å². The third kappa shape index (κ3) is 4.64. The van der Waals surface area contributed by atoms with E-state index in [1.165, 1.54) is 15.5 Å². The first kappa shape index (κ1) is 18.9. The fraction of sp³-hybridized carbons (Fsp3) is 0.800. The molecule has 0 bridgehead atoms. The van der Waals surface area contributed by atoms with Crippen LogP contribution in [0.15, 0.2) is 4.52 Å². The van der Waals surface area contributed by atoms with Gasteiger partial charge < -0.3 is 19.4 Å². The number of nitrogens with zero attached hydrogens (tertiary/aromatic N) is 5. The van der Waals surface area contributed by atoms with Gasteiger partial charge in [-0.05, 0) is 30.3 Å². The van der Waals surface area contributed by atoms with Gasteiger partial charge in [-0.15, -0.1) is 0 Å². The minimum Gasteiger partial charge on any atom is -0.465 e. The monoisotopic (exact) mass is 387 g/mol. The van der Waals surface area contributed by atoms with E-state index in [2.05, 4.69) is 10.1 Å². The molecule has 0 unspecified atom stereocenters. The zero-order chi connectivity index (χ0) is 18.7. The minimum absolute atomic E-state index is 0.421. The van der Waals surface area contributed by atoms with Crippen molar-refractivity contribution in [3.05, 3.63) is 5.89 Å². The van der Waals surface area contributed by atoms with Gasteiger partial charge in [-0.3, -0.25) is 0 Å². The third-order valence-corrected chi connectivity index (χ3v) is 6.40. The van der Waals surface area contributed by atoms with Crippen molar-refractivity contribution in [2.75, 3.05) is 50.4 Å².